The van der Waals surface area contributed by atoms with Gasteiger partial charge in [0.25, 0.3) is 0 Å². The summed E-state index contributed by atoms with van der Waals surface area (Å²) in [5.41, 5.74) is -4.97. The third-order valence-corrected chi connectivity index (χ3v) is 5.70. The molecule has 0 bridgehead atoms. The second-order valence-corrected chi connectivity index (χ2v) is 10.3. The molecule has 0 radical (unpaired) electrons. The summed E-state index contributed by atoms with van der Waals surface area (Å²) >= 11 is 0. The molecule has 1 saturated heterocycles. The molecule has 1 heterocycles. The minimum Gasteiger partial charge on any atom is -0.466 e. The Hall–Kier alpha value is -2.34. The molecule has 0 spiro atoms. The van der Waals surface area contributed by atoms with Gasteiger partial charge in [-0.3, -0.25) is 4.79 Å². The van der Waals surface area contributed by atoms with Gasteiger partial charge in [0.15, 0.2) is 0 Å². The molecule has 1 atom stereocenters. The predicted molar refractivity (Wildman–Crippen MR) is 120 cm³/mol. The topological polar surface area (TPSA) is 83.1 Å². The summed E-state index contributed by atoms with van der Waals surface area (Å²) in [6, 6.07) is 0.177. The average Bonchev–Trinajstić information content (AvgIpc) is 2.86. The highest BCUT2D eigenvalue weighted by atomic mass is 19.4. The zero-order valence-electron chi connectivity index (χ0n) is 21.2. The highest BCUT2D eigenvalue weighted by molar-refractivity contribution is 6.62. The number of hydrogen-bond acceptors (Lipinski definition) is 6. The van der Waals surface area contributed by atoms with Crippen molar-refractivity contribution in [3.8, 4) is 0 Å². The van der Waals surface area contributed by atoms with Gasteiger partial charge < -0.3 is 24.1 Å². The number of ether oxygens (including phenoxy) is 2. The number of esters is 1. The summed E-state index contributed by atoms with van der Waals surface area (Å²) in [5, 5.41) is 2.30. The van der Waals surface area contributed by atoms with Crippen LogP contribution in [0.15, 0.2) is 12.1 Å². The lowest BCUT2D eigenvalue weighted by Gasteiger charge is -2.32. The van der Waals surface area contributed by atoms with E-state index < -0.39 is 71.6 Å². The smallest absolute Gasteiger partial charge is 0.466 e. The Balaban J connectivity index is 2.61. The number of carbonyl (C=O) groups excluding carboxylic acids is 2. The highest BCUT2D eigenvalue weighted by Crippen LogP contribution is 2.38. The summed E-state index contributed by atoms with van der Waals surface area (Å²) in [6.45, 7) is 13.1. The maximum Gasteiger partial charge on any atom is 0.494 e. The fraction of sp³-hybridized carbons (Fsp3) is 0.652. The second kappa shape index (κ2) is 9.96. The van der Waals surface area contributed by atoms with Crippen molar-refractivity contribution in [3.63, 3.8) is 0 Å². The molecular formula is C23H32BF4NO6. The summed E-state index contributed by atoms with van der Waals surface area (Å²) in [6.07, 6.45) is -6.74. The van der Waals surface area contributed by atoms with E-state index >= 15 is 4.39 Å². The maximum atomic E-state index is 15.3. The van der Waals surface area contributed by atoms with Crippen LogP contribution < -0.4 is 10.8 Å². The van der Waals surface area contributed by atoms with Crippen molar-refractivity contribution in [2.24, 2.45) is 0 Å². The molecule has 0 aromatic heterocycles. The summed E-state index contributed by atoms with van der Waals surface area (Å²) in [4.78, 5) is 24.6. The Morgan fingerprint density at radius 2 is 1.63 bits per heavy atom. The molecule has 0 saturated carbocycles. The van der Waals surface area contributed by atoms with Gasteiger partial charge in [0.1, 0.15) is 11.4 Å². The molecule has 12 heteroatoms. The van der Waals surface area contributed by atoms with Crippen molar-refractivity contribution in [2.45, 2.75) is 90.8 Å². The molecule has 196 valence electrons. The Labute approximate surface area is 203 Å². The van der Waals surface area contributed by atoms with E-state index in [4.69, 9.17) is 18.8 Å². The summed E-state index contributed by atoms with van der Waals surface area (Å²) in [5.74, 6) is -2.48. The number of halogens is 4. The Bertz CT molecular complexity index is 943. The molecule has 1 N–H and O–H groups in total. The van der Waals surface area contributed by atoms with Crippen molar-refractivity contribution in [1.82, 2.24) is 5.32 Å². The number of nitrogens with one attached hydrogen (secondary N) is 1. The van der Waals surface area contributed by atoms with Crippen LogP contribution in [-0.2, 0) is 29.8 Å². The van der Waals surface area contributed by atoms with Crippen molar-refractivity contribution >= 4 is 24.6 Å². The molecule has 0 aliphatic carbocycles. The predicted octanol–water partition coefficient (Wildman–Crippen LogP) is 4.66. The molecular weight excluding hydrogens is 473 g/mol. The number of carbonyl (C=O) groups is 2. The van der Waals surface area contributed by atoms with Crippen LogP contribution in [0.3, 0.4) is 0 Å². The van der Waals surface area contributed by atoms with E-state index in [0.29, 0.717) is 6.07 Å². The molecule has 1 aromatic carbocycles. The van der Waals surface area contributed by atoms with Crippen LogP contribution in [0.4, 0.5) is 22.4 Å². The standard InChI is InChI=1S/C23H32BF4NO6/c1-9-32-17(30)12-16(29-19(31)33-20(2,3)4)14-10-13(11-15(18(14)25)23(26,27)28)24-34-21(5,6)22(7,8)35-24/h10-11,16H,9,12H2,1-8H3,(H,29,31)/t16-/m0/s1. The van der Waals surface area contributed by atoms with E-state index in [1.54, 1.807) is 48.5 Å². The molecule has 1 fully saturated rings. The van der Waals surface area contributed by atoms with E-state index in [1.165, 1.54) is 6.92 Å². The zero-order chi connectivity index (χ0) is 27.0. The van der Waals surface area contributed by atoms with Gasteiger partial charge in [0.05, 0.1) is 35.8 Å². The number of amides is 1. The van der Waals surface area contributed by atoms with Crippen LogP contribution in [0.2, 0.25) is 0 Å². The van der Waals surface area contributed by atoms with Gasteiger partial charge in [-0.2, -0.15) is 13.2 Å². The van der Waals surface area contributed by atoms with E-state index in [-0.39, 0.29) is 12.1 Å². The molecule has 2 rings (SSSR count). The second-order valence-electron chi connectivity index (χ2n) is 10.3. The first-order valence-electron chi connectivity index (χ1n) is 11.2. The van der Waals surface area contributed by atoms with Crippen LogP contribution >= 0.6 is 0 Å². The van der Waals surface area contributed by atoms with Crippen LogP contribution in [0.25, 0.3) is 0 Å². The van der Waals surface area contributed by atoms with Crippen molar-refractivity contribution in [2.75, 3.05) is 6.61 Å². The van der Waals surface area contributed by atoms with Gasteiger partial charge in [0, 0.05) is 5.56 Å². The third kappa shape index (κ3) is 7.10. The van der Waals surface area contributed by atoms with Gasteiger partial charge in [0.2, 0.25) is 0 Å². The highest BCUT2D eigenvalue weighted by Gasteiger charge is 2.52. The van der Waals surface area contributed by atoms with Gasteiger partial charge in [-0.15, -0.1) is 0 Å². The third-order valence-electron chi connectivity index (χ3n) is 5.70. The lowest BCUT2D eigenvalue weighted by molar-refractivity contribution is -0.143. The molecule has 1 aliphatic heterocycles. The number of hydrogen-bond donors (Lipinski definition) is 1. The molecule has 0 unspecified atom stereocenters. The Kier molecular flexibility index (Phi) is 8.23. The number of rotatable bonds is 6. The van der Waals surface area contributed by atoms with Crippen LogP contribution in [-0.4, -0.2) is 42.6 Å². The Morgan fingerprint density at radius 3 is 2.09 bits per heavy atom. The van der Waals surface area contributed by atoms with E-state index in [0.717, 1.165) is 6.07 Å². The van der Waals surface area contributed by atoms with Gasteiger partial charge in [-0.05, 0) is 66.9 Å². The van der Waals surface area contributed by atoms with Crippen molar-refractivity contribution in [3.05, 3.63) is 29.1 Å². The van der Waals surface area contributed by atoms with Gasteiger partial charge in [-0.25, -0.2) is 9.18 Å². The first-order valence-corrected chi connectivity index (χ1v) is 11.2. The van der Waals surface area contributed by atoms with Crippen molar-refractivity contribution in [1.29, 1.82) is 0 Å². The maximum absolute atomic E-state index is 15.3. The van der Waals surface area contributed by atoms with Crippen LogP contribution in [0.5, 0.6) is 0 Å². The minimum atomic E-state index is -5.07. The van der Waals surface area contributed by atoms with Gasteiger partial charge >= 0.3 is 25.4 Å². The average molecular weight is 505 g/mol. The molecule has 7 nitrogen and oxygen atoms in total. The fourth-order valence-corrected chi connectivity index (χ4v) is 3.32. The Morgan fingerprint density at radius 1 is 1.09 bits per heavy atom. The SMILES string of the molecule is CCOC(=O)C[C@H](NC(=O)OC(C)(C)C)c1cc(B2OC(C)(C)C(C)(C)O2)cc(C(F)(F)F)c1F. The molecule has 1 aromatic rings. The number of benzene rings is 1. The minimum absolute atomic E-state index is 0.0117. The van der Waals surface area contributed by atoms with E-state index in [9.17, 15) is 22.8 Å². The number of alkyl carbamates (subject to hydrolysis) is 1. The summed E-state index contributed by atoms with van der Waals surface area (Å²) in [7, 11) is -1.25. The molecule has 1 aliphatic rings. The van der Waals surface area contributed by atoms with E-state index in [1.807, 2.05) is 0 Å². The lowest BCUT2D eigenvalue weighted by Crippen LogP contribution is -2.41. The first-order chi connectivity index (χ1) is 15.8. The quantitative estimate of drug-likeness (QED) is 0.344. The zero-order valence-corrected chi connectivity index (χ0v) is 21.2. The fourth-order valence-electron chi connectivity index (χ4n) is 3.32. The van der Waals surface area contributed by atoms with Crippen LogP contribution in [0.1, 0.15) is 79.0 Å². The molecule has 35 heavy (non-hydrogen) atoms. The van der Waals surface area contributed by atoms with Crippen molar-refractivity contribution < 1.29 is 45.9 Å². The normalized spacial score (nSPS) is 18.2. The number of alkyl halides is 3. The van der Waals surface area contributed by atoms with E-state index in [2.05, 4.69) is 5.32 Å². The first kappa shape index (κ1) is 28.9. The molecule has 1 amide bonds. The van der Waals surface area contributed by atoms with Crippen LogP contribution in [0, 0.1) is 5.82 Å². The lowest BCUT2D eigenvalue weighted by atomic mass is 9.76. The largest absolute Gasteiger partial charge is 0.494 e. The monoisotopic (exact) mass is 505 g/mol. The van der Waals surface area contributed by atoms with Gasteiger partial charge in [-0.1, -0.05) is 6.07 Å². The summed E-state index contributed by atoms with van der Waals surface area (Å²) < 4.78 is 78.4.